The Morgan fingerprint density at radius 3 is 2.24 bits per heavy atom. The van der Waals surface area contributed by atoms with Gasteiger partial charge in [-0.15, -0.1) is 0 Å². The minimum absolute atomic E-state index is 0.151. The lowest BCUT2D eigenvalue weighted by molar-refractivity contribution is 0.208. The second kappa shape index (κ2) is 6.33. The van der Waals surface area contributed by atoms with Crippen molar-refractivity contribution in [3.63, 3.8) is 0 Å². The van der Waals surface area contributed by atoms with Crippen LogP contribution < -0.4 is 9.47 Å². The number of hydrogen-bond acceptors (Lipinski definition) is 3. The van der Waals surface area contributed by atoms with Gasteiger partial charge in [-0.05, 0) is 36.8 Å². The van der Waals surface area contributed by atoms with Crippen molar-refractivity contribution in [1.29, 1.82) is 0 Å². The molecule has 0 saturated carbocycles. The number of rotatable bonds is 4. The molecule has 112 valence electrons. The first-order chi connectivity index (χ1) is 9.99. The Hall–Kier alpha value is -1.78. The molecule has 0 amide bonds. The molecule has 21 heavy (non-hydrogen) atoms. The summed E-state index contributed by atoms with van der Waals surface area (Å²) in [5, 5.41) is 10.8. The number of halogens is 2. The minimum atomic E-state index is -1.08. The molecule has 2 aromatic carbocycles. The average Bonchev–Trinajstić information content (AvgIpc) is 2.49. The van der Waals surface area contributed by atoms with Crippen LogP contribution in [0.25, 0.3) is 0 Å². The van der Waals surface area contributed by atoms with E-state index in [0.717, 1.165) is 0 Å². The fourth-order valence-corrected chi connectivity index (χ4v) is 2.45. The Labute approximate surface area is 127 Å². The van der Waals surface area contributed by atoms with Crippen LogP contribution in [0.15, 0.2) is 30.3 Å². The van der Waals surface area contributed by atoms with Crippen LogP contribution in [0.1, 0.15) is 22.8 Å². The zero-order valence-electron chi connectivity index (χ0n) is 12.0. The highest BCUT2D eigenvalue weighted by Gasteiger charge is 2.23. The van der Waals surface area contributed by atoms with E-state index in [1.165, 1.54) is 26.4 Å². The van der Waals surface area contributed by atoms with Gasteiger partial charge in [-0.2, -0.15) is 0 Å². The molecule has 0 fully saturated rings. The third-order valence-electron chi connectivity index (χ3n) is 3.31. The molecule has 1 N–H and O–H groups in total. The highest BCUT2D eigenvalue weighted by atomic mass is 35.5. The summed E-state index contributed by atoms with van der Waals surface area (Å²) < 4.78 is 24.0. The zero-order valence-corrected chi connectivity index (χ0v) is 12.7. The van der Waals surface area contributed by atoms with E-state index >= 15 is 0 Å². The Kier molecular flexibility index (Phi) is 4.70. The quantitative estimate of drug-likeness (QED) is 0.931. The van der Waals surface area contributed by atoms with E-state index in [-0.39, 0.29) is 5.02 Å². The molecule has 1 atom stereocenters. The van der Waals surface area contributed by atoms with Gasteiger partial charge in [0.25, 0.3) is 0 Å². The van der Waals surface area contributed by atoms with Gasteiger partial charge < -0.3 is 14.6 Å². The Morgan fingerprint density at radius 2 is 1.71 bits per heavy atom. The Morgan fingerprint density at radius 1 is 1.14 bits per heavy atom. The number of benzene rings is 2. The maximum Gasteiger partial charge on any atom is 0.128 e. The molecule has 0 radical (unpaired) electrons. The number of hydrogen-bond donors (Lipinski definition) is 1. The highest BCUT2D eigenvalue weighted by molar-refractivity contribution is 6.31. The van der Waals surface area contributed by atoms with Gasteiger partial charge >= 0.3 is 0 Å². The molecule has 0 aliphatic heterocycles. The molecule has 0 aliphatic carbocycles. The summed E-state index contributed by atoms with van der Waals surface area (Å²) in [7, 11) is 3.00. The molecule has 0 bridgehead atoms. The van der Waals surface area contributed by atoms with Crippen molar-refractivity contribution in [3.8, 4) is 11.5 Å². The van der Waals surface area contributed by atoms with Crippen LogP contribution in [0.3, 0.4) is 0 Å². The van der Waals surface area contributed by atoms with Crippen LogP contribution in [0.4, 0.5) is 4.39 Å². The van der Waals surface area contributed by atoms with Crippen LogP contribution in [-0.4, -0.2) is 19.3 Å². The van der Waals surface area contributed by atoms with Crippen molar-refractivity contribution >= 4 is 11.6 Å². The third-order valence-corrected chi connectivity index (χ3v) is 3.64. The van der Waals surface area contributed by atoms with Crippen molar-refractivity contribution in [2.45, 2.75) is 13.0 Å². The average molecular weight is 311 g/mol. The fraction of sp³-hybridized carbons (Fsp3) is 0.250. The lowest BCUT2D eigenvalue weighted by Gasteiger charge is -2.19. The second-order valence-electron chi connectivity index (χ2n) is 4.60. The fourth-order valence-electron chi connectivity index (χ4n) is 2.19. The Balaban J connectivity index is 2.59. The largest absolute Gasteiger partial charge is 0.496 e. The molecule has 3 nitrogen and oxygen atoms in total. The van der Waals surface area contributed by atoms with Crippen LogP contribution in [0.2, 0.25) is 5.02 Å². The number of aryl methyl sites for hydroxylation is 1. The van der Waals surface area contributed by atoms with Gasteiger partial charge in [-0.25, -0.2) is 4.39 Å². The number of ether oxygens (including phenoxy) is 2. The smallest absolute Gasteiger partial charge is 0.128 e. The van der Waals surface area contributed by atoms with Crippen LogP contribution in [0, 0.1) is 12.7 Å². The predicted octanol–water partition coefficient (Wildman–Crippen LogP) is 3.89. The van der Waals surface area contributed by atoms with Crippen molar-refractivity contribution in [3.05, 3.63) is 57.9 Å². The number of methoxy groups -OCH3 is 2. The van der Waals surface area contributed by atoms with Gasteiger partial charge in [0.2, 0.25) is 0 Å². The molecule has 0 saturated heterocycles. The van der Waals surface area contributed by atoms with Crippen molar-refractivity contribution < 1.29 is 19.0 Å². The van der Waals surface area contributed by atoms with E-state index in [0.29, 0.717) is 28.2 Å². The monoisotopic (exact) mass is 310 g/mol. The number of aliphatic hydroxyl groups is 1. The molecule has 5 heteroatoms. The topological polar surface area (TPSA) is 38.7 Å². The minimum Gasteiger partial charge on any atom is -0.496 e. The van der Waals surface area contributed by atoms with E-state index in [1.54, 1.807) is 25.1 Å². The van der Waals surface area contributed by atoms with Gasteiger partial charge in [0.15, 0.2) is 0 Å². The third kappa shape index (κ3) is 2.96. The molecule has 2 aromatic rings. The van der Waals surface area contributed by atoms with Crippen molar-refractivity contribution in [2.24, 2.45) is 0 Å². The summed E-state index contributed by atoms with van der Waals surface area (Å²) in [4.78, 5) is 0. The summed E-state index contributed by atoms with van der Waals surface area (Å²) in [6.07, 6.45) is -1.08. The van der Waals surface area contributed by atoms with Gasteiger partial charge in [0, 0.05) is 10.6 Å². The molecule has 0 spiro atoms. The lowest BCUT2D eigenvalue weighted by Crippen LogP contribution is -2.06. The maximum atomic E-state index is 13.5. The summed E-state index contributed by atoms with van der Waals surface area (Å²) >= 11 is 6.06. The molecular formula is C16H16ClFO3. The maximum absolute atomic E-state index is 13.5. The predicted molar refractivity (Wildman–Crippen MR) is 79.8 cm³/mol. The summed E-state index contributed by atoms with van der Waals surface area (Å²) in [6, 6.07) is 7.90. The SMILES string of the molecule is COc1cccc(OC)c1C(O)c1cc(C)c(F)cc1Cl. The van der Waals surface area contributed by atoms with E-state index in [2.05, 4.69) is 0 Å². The van der Waals surface area contributed by atoms with Crippen LogP contribution in [-0.2, 0) is 0 Å². The highest BCUT2D eigenvalue weighted by Crippen LogP contribution is 2.39. The summed E-state index contributed by atoms with van der Waals surface area (Å²) in [6.45, 7) is 1.61. The molecule has 1 unspecified atom stereocenters. The first kappa shape index (κ1) is 15.6. The first-order valence-corrected chi connectivity index (χ1v) is 6.71. The molecule has 2 rings (SSSR count). The van der Waals surface area contributed by atoms with Gasteiger partial charge in [0.05, 0.1) is 19.8 Å². The summed E-state index contributed by atoms with van der Waals surface area (Å²) in [5.74, 6) is 0.530. The number of aliphatic hydroxyl groups excluding tert-OH is 1. The molecular weight excluding hydrogens is 295 g/mol. The van der Waals surface area contributed by atoms with Crippen LogP contribution in [0.5, 0.6) is 11.5 Å². The van der Waals surface area contributed by atoms with Crippen molar-refractivity contribution in [1.82, 2.24) is 0 Å². The Bertz CT molecular complexity index is 636. The normalized spacial score (nSPS) is 12.1. The lowest BCUT2D eigenvalue weighted by atomic mass is 9.98. The van der Waals surface area contributed by atoms with Gasteiger partial charge in [-0.1, -0.05) is 17.7 Å². The molecule has 0 heterocycles. The second-order valence-corrected chi connectivity index (χ2v) is 5.01. The van der Waals surface area contributed by atoms with Gasteiger partial charge in [-0.3, -0.25) is 0 Å². The van der Waals surface area contributed by atoms with Crippen LogP contribution >= 0.6 is 11.6 Å². The van der Waals surface area contributed by atoms with E-state index in [1.807, 2.05) is 0 Å². The van der Waals surface area contributed by atoms with Crippen molar-refractivity contribution in [2.75, 3.05) is 14.2 Å². The van der Waals surface area contributed by atoms with E-state index in [9.17, 15) is 9.50 Å². The zero-order chi connectivity index (χ0) is 15.6. The van der Waals surface area contributed by atoms with E-state index in [4.69, 9.17) is 21.1 Å². The summed E-state index contributed by atoms with van der Waals surface area (Å²) in [5.41, 5.74) is 1.26. The van der Waals surface area contributed by atoms with E-state index < -0.39 is 11.9 Å². The molecule has 0 aromatic heterocycles. The first-order valence-electron chi connectivity index (χ1n) is 6.34. The van der Waals surface area contributed by atoms with Gasteiger partial charge in [0.1, 0.15) is 23.4 Å². The molecule has 0 aliphatic rings. The standard InChI is InChI=1S/C16H16ClFO3/c1-9-7-10(11(17)8-12(9)18)16(19)15-13(20-2)5-4-6-14(15)21-3/h4-8,16,19H,1-3H3.